The molecule has 3 nitrogen and oxygen atoms in total. The summed E-state index contributed by atoms with van der Waals surface area (Å²) < 4.78 is 0. The number of aryl methyl sites for hydroxylation is 2. The SMILES string of the molecule is N[C@@H]1CN(C(=O)CSc2ccc3c(c2)CCC3)C[C@H]1c1ccccc1. The van der Waals surface area contributed by atoms with Gasteiger partial charge in [-0.2, -0.15) is 0 Å². The lowest BCUT2D eigenvalue weighted by Crippen LogP contribution is -2.33. The van der Waals surface area contributed by atoms with Crippen molar-refractivity contribution >= 4 is 17.7 Å². The molecule has 2 aromatic carbocycles. The third kappa shape index (κ3) is 3.60. The normalized spacial score (nSPS) is 22.2. The van der Waals surface area contributed by atoms with Crippen molar-refractivity contribution in [3.05, 3.63) is 65.2 Å². The number of carbonyl (C=O) groups excluding carboxylic acids is 1. The van der Waals surface area contributed by atoms with E-state index in [0.717, 1.165) is 6.54 Å². The first-order valence-electron chi connectivity index (χ1n) is 9.03. The Morgan fingerprint density at radius 2 is 1.88 bits per heavy atom. The fourth-order valence-corrected chi connectivity index (χ4v) is 4.82. The molecule has 0 radical (unpaired) electrons. The molecular weight excluding hydrogens is 328 g/mol. The first-order valence-corrected chi connectivity index (χ1v) is 10.0. The average Bonchev–Trinajstić information content (AvgIpc) is 3.26. The van der Waals surface area contributed by atoms with Gasteiger partial charge in [-0.15, -0.1) is 11.8 Å². The van der Waals surface area contributed by atoms with Crippen LogP contribution in [0.15, 0.2) is 53.4 Å². The summed E-state index contributed by atoms with van der Waals surface area (Å²) in [4.78, 5) is 15.8. The highest BCUT2D eigenvalue weighted by Gasteiger charge is 2.33. The molecule has 2 atom stereocenters. The number of likely N-dealkylation sites (tertiary alicyclic amines) is 1. The standard InChI is InChI=1S/C21H24N2OS/c22-20-13-23(12-19(20)16-5-2-1-3-6-16)21(24)14-25-18-10-9-15-7-4-8-17(15)11-18/h1-3,5-6,9-11,19-20H,4,7-8,12-14,22H2/t19-,20+/m0/s1. The first kappa shape index (κ1) is 16.7. The van der Waals surface area contributed by atoms with E-state index in [-0.39, 0.29) is 17.9 Å². The van der Waals surface area contributed by atoms with Gasteiger partial charge in [-0.3, -0.25) is 4.79 Å². The largest absolute Gasteiger partial charge is 0.340 e. The molecule has 1 aliphatic heterocycles. The number of hydrogen-bond acceptors (Lipinski definition) is 3. The maximum atomic E-state index is 12.6. The van der Waals surface area contributed by atoms with Crippen LogP contribution in [0.25, 0.3) is 0 Å². The van der Waals surface area contributed by atoms with Gasteiger partial charge in [0, 0.05) is 29.9 Å². The number of amides is 1. The second-order valence-electron chi connectivity index (χ2n) is 7.05. The molecule has 0 spiro atoms. The number of benzene rings is 2. The minimum absolute atomic E-state index is 0.0244. The van der Waals surface area contributed by atoms with Crippen molar-refractivity contribution in [2.75, 3.05) is 18.8 Å². The lowest BCUT2D eigenvalue weighted by atomic mass is 9.95. The summed E-state index contributed by atoms with van der Waals surface area (Å²) in [6.07, 6.45) is 3.64. The molecule has 1 heterocycles. The van der Waals surface area contributed by atoms with E-state index in [2.05, 4.69) is 30.3 Å². The topological polar surface area (TPSA) is 46.3 Å². The second-order valence-corrected chi connectivity index (χ2v) is 8.10. The number of nitrogens with zero attached hydrogens (tertiary/aromatic N) is 1. The van der Waals surface area contributed by atoms with Crippen LogP contribution in [0.5, 0.6) is 0 Å². The summed E-state index contributed by atoms with van der Waals surface area (Å²) in [5.41, 5.74) is 10.5. The van der Waals surface area contributed by atoms with Crippen molar-refractivity contribution in [1.82, 2.24) is 4.90 Å². The highest BCUT2D eigenvalue weighted by Crippen LogP contribution is 2.29. The van der Waals surface area contributed by atoms with Gasteiger partial charge in [0.1, 0.15) is 0 Å². The molecule has 4 heteroatoms. The first-order chi connectivity index (χ1) is 12.2. The van der Waals surface area contributed by atoms with Crippen molar-refractivity contribution in [2.24, 2.45) is 5.73 Å². The molecule has 1 aliphatic carbocycles. The van der Waals surface area contributed by atoms with Crippen molar-refractivity contribution in [1.29, 1.82) is 0 Å². The van der Waals surface area contributed by atoms with E-state index in [1.54, 1.807) is 11.8 Å². The molecule has 2 N–H and O–H groups in total. The van der Waals surface area contributed by atoms with Crippen molar-refractivity contribution in [3.8, 4) is 0 Å². The maximum Gasteiger partial charge on any atom is 0.233 e. The number of thioether (sulfide) groups is 1. The van der Waals surface area contributed by atoms with Crippen LogP contribution in [0, 0.1) is 0 Å². The fraction of sp³-hybridized carbons (Fsp3) is 0.381. The Bertz CT molecular complexity index is 762. The van der Waals surface area contributed by atoms with Crippen LogP contribution in [-0.2, 0) is 17.6 Å². The predicted molar refractivity (Wildman–Crippen MR) is 103 cm³/mol. The van der Waals surface area contributed by atoms with Gasteiger partial charge in [0.05, 0.1) is 5.75 Å². The smallest absolute Gasteiger partial charge is 0.233 e. The van der Waals surface area contributed by atoms with Gasteiger partial charge >= 0.3 is 0 Å². The number of nitrogens with two attached hydrogens (primary N) is 1. The van der Waals surface area contributed by atoms with Crippen molar-refractivity contribution < 1.29 is 4.79 Å². The Balaban J connectivity index is 1.36. The molecule has 0 saturated carbocycles. The fourth-order valence-electron chi connectivity index (χ4n) is 3.96. The summed E-state index contributed by atoms with van der Waals surface area (Å²) in [5, 5.41) is 0. The van der Waals surface area contributed by atoms with Crippen LogP contribution < -0.4 is 5.73 Å². The highest BCUT2D eigenvalue weighted by molar-refractivity contribution is 8.00. The zero-order valence-corrected chi connectivity index (χ0v) is 15.2. The summed E-state index contributed by atoms with van der Waals surface area (Å²) in [5.74, 6) is 0.932. The second kappa shape index (κ2) is 7.22. The van der Waals surface area contributed by atoms with Gasteiger partial charge in [0.15, 0.2) is 0 Å². The minimum Gasteiger partial charge on any atom is -0.340 e. The Labute approximate surface area is 153 Å². The van der Waals surface area contributed by atoms with Crippen LogP contribution in [0.4, 0.5) is 0 Å². The molecule has 2 aromatic rings. The third-order valence-electron chi connectivity index (χ3n) is 5.38. The molecule has 25 heavy (non-hydrogen) atoms. The van der Waals surface area contributed by atoms with Crippen LogP contribution >= 0.6 is 11.8 Å². The van der Waals surface area contributed by atoms with Crippen molar-refractivity contribution in [3.63, 3.8) is 0 Å². The van der Waals surface area contributed by atoms with E-state index in [4.69, 9.17) is 5.73 Å². The predicted octanol–water partition coefficient (Wildman–Crippen LogP) is 3.22. The molecule has 1 fully saturated rings. The summed E-state index contributed by atoms with van der Waals surface area (Å²) in [6.45, 7) is 1.39. The van der Waals surface area contributed by atoms with E-state index in [1.165, 1.54) is 40.8 Å². The summed E-state index contributed by atoms with van der Waals surface area (Å²) >= 11 is 1.65. The molecule has 0 aromatic heterocycles. The van der Waals surface area contributed by atoms with E-state index in [0.29, 0.717) is 12.3 Å². The van der Waals surface area contributed by atoms with E-state index in [1.807, 2.05) is 23.1 Å². The Morgan fingerprint density at radius 1 is 1.08 bits per heavy atom. The summed E-state index contributed by atoms with van der Waals surface area (Å²) in [6, 6.07) is 17.0. The van der Waals surface area contributed by atoms with Gasteiger partial charge in [-0.25, -0.2) is 0 Å². The molecule has 0 unspecified atom stereocenters. The van der Waals surface area contributed by atoms with Crippen LogP contribution in [0.1, 0.15) is 29.0 Å². The Morgan fingerprint density at radius 3 is 2.72 bits per heavy atom. The van der Waals surface area contributed by atoms with Gasteiger partial charge in [0.2, 0.25) is 5.91 Å². The van der Waals surface area contributed by atoms with Crippen LogP contribution in [0.2, 0.25) is 0 Å². The van der Waals surface area contributed by atoms with Gasteiger partial charge in [0.25, 0.3) is 0 Å². The quantitative estimate of drug-likeness (QED) is 0.860. The van der Waals surface area contributed by atoms with Crippen LogP contribution in [-0.4, -0.2) is 35.7 Å². The summed E-state index contributed by atoms with van der Waals surface area (Å²) in [7, 11) is 0. The molecule has 4 rings (SSSR count). The zero-order valence-electron chi connectivity index (χ0n) is 14.4. The number of fused-ring (bicyclic) bond motifs is 1. The minimum atomic E-state index is 0.0244. The molecule has 0 bridgehead atoms. The molecule has 1 saturated heterocycles. The highest BCUT2D eigenvalue weighted by atomic mass is 32.2. The van der Waals surface area contributed by atoms with E-state index in [9.17, 15) is 4.79 Å². The Kier molecular flexibility index (Phi) is 4.82. The molecule has 130 valence electrons. The van der Waals surface area contributed by atoms with Gasteiger partial charge in [-0.1, -0.05) is 36.4 Å². The van der Waals surface area contributed by atoms with Gasteiger partial charge in [-0.05, 0) is 48.1 Å². The lowest BCUT2D eigenvalue weighted by molar-refractivity contribution is -0.127. The lowest BCUT2D eigenvalue weighted by Gasteiger charge is -2.16. The molecule has 1 amide bonds. The number of carbonyl (C=O) groups is 1. The maximum absolute atomic E-state index is 12.6. The van der Waals surface area contributed by atoms with E-state index < -0.39 is 0 Å². The van der Waals surface area contributed by atoms with Gasteiger partial charge < -0.3 is 10.6 Å². The zero-order chi connectivity index (χ0) is 17.2. The van der Waals surface area contributed by atoms with Crippen LogP contribution in [0.3, 0.4) is 0 Å². The monoisotopic (exact) mass is 352 g/mol. The molecule has 2 aliphatic rings. The molecular formula is C21H24N2OS. The Hall–Kier alpha value is -1.78. The third-order valence-corrected chi connectivity index (χ3v) is 6.36. The van der Waals surface area contributed by atoms with Crippen molar-refractivity contribution in [2.45, 2.75) is 36.1 Å². The average molecular weight is 353 g/mol. The number of rotatable bonds is 4. The number of hydrogen-bond donors (Lipinski definition) is 1. The van der Waals surface area contributed by atoms with E-state index >= 15 is 0 Å².